The number of ether oxygens (including phenoxy) is 2. The van der Waals surface area contributed by atoms with E-state index in [4.69, 9.17) is 9.47 Å². The van der Waals surface area contributed by atoms with Crippen LogP contribution in [-0.4, -0.2) is 48.2 Å². The molecule has 0 aromatic carbocycles. The molecule has 0 saturated carbocycles. The number of nitrogens with zero attached hydrogens (tertiary/aromatic N) is 1. The SMILES string of the molecule is CCC(CC(C)N1C(=O)C=CC1=O)OCC1CO1. The fourth-order valence-corrected chi connectivity index (χ4v) is 2.09. The van der Waals surface area contributed by atoms with E-state index in [-0.39, 0.29) is 30.1 Å². The third kappa shape index (κ3) is 3.17. The van der Waals surface area contributed by atoms with Gasteiger partial charge in [0.1, 0.15) is 6.10 Å². The Balaban J connectivity index is 1.82. The van der Waals surface area contributed by atoms with E-state index in [1.165, 1.54) is 17.1 Å². The quantitative estimate of drug-likeness (QED) is 0.499. The Morgan fingerprint density at radius 2 is 2.06 bits per heavy atom. The first-order valence-corrected chi connectivity index (χ1v) is 6.40. The standard InChI is InChI=1S/C13H19NO4/c1-3-10(17-7-11-8-18-11)6-9(2)14-12(15)4-5-13(14)16/h4-5,9-11H,3,6-8H2,1-2H3. The molecular formula is C13H19NO4. The highest BCUT2D eigenvalue weighted by Crippen LogP contribution is 2.18. The predicted octanol–water partition coefficient (Wildman–Crippen LogP) is 0.884. The summed E-state index contributed by atoms with van der Waals surface area (Å²) >= 11 is 0. The number of rotatable bonds is 7. The van der Waals surface area contributed by atoms with E-state index in [0.717, 1.165) is 13.0 Å². The zero-order chi connectivity index (χ0) is 13.1. The van der Waals surface area contributed by atoms with Gasteiger partial charge in [-0.1, -0.05) is 6.92 Å². The van der Waals surface area contributed by atoms with Crippen LogP contribution in [0.4, 0.5) is 0 Å². The van der Waals surface area contributed by atoms with Crippen molar-refractivity contribution in [2.75, 3.05) is 13.2 Å². The molecule has 3 atom stereocenters. The lowest BCUT2D eigenvalue weighted by atomic mass is 10.1. The first-order valence-electron chi connectivity index (χ1n) is 6.40. The molecule has 0 spiro atoms. The number of hydrogen-bond donors (Lipinski definition) is 0. The summed E-state index contributed by atoms with van der Waals surface area (Å²) in [7, 11) is 0. The third-order valence-corrected chi connectivity index (χ3v) is 3.26. The molecule has 0 bridgehead atoms. The van der Waals surface area contributed by atoms with Gasteiger partial charge in [-0.15, -0.1) is 0 Å². The Bertz CT molecular complexity index is 344. The molecule has 2 aliphatic rings. The Morgan fingerprint density at radius 3 is 2.56 bits per heavy atom. The second kappa shape index (κ2) is 5.63. The van der Waals surface area contributed by atoms with Crippen LogP contribution in [0.5, 0.6) is 0 Å². The molecule has 5 heteroatoms. The lowest BCUT2D eigenvalue weighted by molar-refractivity contribution is -0.139. The fourth-order valence-electron chi connectivity index (χ4n) is 2.09. The molecule has 0 aliphatic carbocycles. The van der Waals surface area contributed by atoms with Crippen molar-refractivity contribution in [2.24, 2.45) is 0 Å². The average molecular weight is 253 g/mol. The molecular weight excluding hydrogens is 234 g/mol. The zero-order valence-electron chi connectivity index (χ0n) is 10.8. The van der Waals surface area contributed by atoms with Crippen LogP contribution in [0, 0.1) is 0 Å². The average Bonchev–Trinajstić information content (AvgIpc) is 3.10. The molecule has 1 saturated heterocycles. The number of epoxide rings is 1. The number of carbonyl (C=O) groups is 2. The maximum atomic E-state index is 11.5. The molecule has 1 fully saturated rings. The van der Waals surface area contributed by atoms with E-state index in [0.29, 0.717) is 13.0 Å². The van der Waals surface area contributed by atoms with Crippen molar-refractivity contribution in [3.63, 3.8) is 0 Å². The lowest BCUT2D eigenvalue weighted by Crippen LogP contribution is -2.40. The summed E-state index contributed by atoms with van der Waals surface area (Å²) in [4.78, 5) is 24.4. The zero-order valence-corrected chi connectivity index (χ0v) is 10.8. The highest BCUT2D eigenvalue weighted by molar-refractivity contribution is 6.13. The summed E-state index contributed by atoms with van der Waals surface area (Å²) in [5, 5.41) is 0. The monoisotopic (exact) mass is 253 g/mol. The fraction of sp³-hybridized carbons (Fsp3) is 0.692. The molecule has 3 unspecified atom stereocenters. The van der Waals surface area contributed by atoms with Gasteiger partial charge >= 0.3 is 0 Å². The number of hydrogen-bond acceptors (Lipinski definition) is 4. The minimum Gasteiger partial charge on any atom is -0.375 e. The highest BCUT2D eigenvalue weighted by atomic mass is 16.6. The molecule has 2 rings (SSSR count). The van der Waals surface area contributed by atoms with Crippen molar-refractivity contribution >= 4 is 11.8 Å². The van der Waals surface area contributed by atoms with Gasteiger partial charge in [-0.2, -0.15) is 0 Å². The summed E-state index contributed by atoms with van der Waals surface area (Å²) in [5.41, 5.74) is 0. The van der Waals surface area contributed by atoms with E-state index in [1.807, 2.05) is 13.8 Å². The van der Waals surface area contributed by atoms with Crippen molar-refractivity contribution in [1.29, 1.82) is 0 Å². The van der Waals surface area contributed by atoms with Gasteiger partial charge in [0.15, 0.2) is 0 Å². The number of carbonyl (C=O) groups excluding carboxylic acids is 2. The normalized spacial score (nSPS) is 25.7. The summed E-state index contributed by atoms with van der Waals surface area (Å²) in [6.45, 7) is 5.30. The Hall–Kier alpha value is -1.20. The third-order valence-electron chi connectivity index (χ3n) is 3.26. The molecule has 0 N–H and O–H groups in total. The number of amides is 2. The van der Waals surface area contributed by atoms with Crippen LogP contribution in [0.25, 0.3) is 0 Å². The van der Waals surface area contributed by atoms with E-state index in [1.54, 1.807) is 0 Å². The van der Waals surface area contributed by atoms with Gasteiger partial charge in [-0.3, -0.25) is 14.5 Å². The summed E-state index contributed by atoms with van der Waals surface area (Å²) in [6, 6.07) is -0.134. The van der Waals surface area contributed by atoms with Gasteiger partial charge in [-0.05, 0) is 19.8 Å². The minimum absolute atomic E-state index is 0.0606. The highest BCUT2D eigenvalue weighted by Gasteiger charge is 2.30. The minimum atomic E-state index is -0.229. The van der Waals surface area contributed by atoms with Gasteiger partial charge in [0, 0.05) is 18.2 Å². The van der Waals surface area contributed by atoms with E-state index in [2.05, 4.69) is 0 Å². The van der Waals surface area contributed by atoms with Crippen molar-refractivity contribution < 1.29 is 19.1 Å². The summed E-state index contributed by atoms with van der Waals surface area (Å²) < 4.78 is 10.8. The molecule has 0 aromatic heterocycles. The van der Waals surface area contributed by atoms with E-state index < -0.39 is 0 Å². The van der Waals surface area contributed by atoms with Crippen LogP contribution in [0.3, 0.4) is 0 Å². The van der Waals surface area contributed by atoms with Crippen LogP contribution in [0.15, 0.2) is 12.2 Å². The van der Waals surface area contributed by atoms with Crippen molar-refractivity contribution in [1.82, 2.24) is 4.90 Å². The van der Waals surface area contributed by atoms with Crippen molar-refractivity contribution in [3.05, 3.63) is 12.2 Å². The molecule has 5 nitrogen and oxygen atoms in total. The van der Waals surface area contributed by atoms with Crippen molar-refractivity contribution in [3.8, 4) is 0 Å². The van der Waals surface area contributed by atoms with Gasteiger partial charge in [0.25, 0.3) is 11.8 Å². The second-order valence-corrected chi connectivity index (χ2v) is 4.78. The first kappa shape index (κ1) is 13.2. The Morgan fingerprint density at radius 1 is 1.44 bits per heavy atom. The largest absolute Gasteiger partial charge is 0.375 e. The smallest absolute Gasteiger partial charge is 0.253 e. The van der Waals surface area contributed by atoms with Crippen LogP contribution in [0.1, 0.15) is 26.7 Å². The van der Waals surface area contributed by atoms with Crippen LogP contribution < -0.4 is 0 Å². The lowest BCUT2D eigenvalue weighted by Gasteiger charge is -2.26. The topological polar surface area (TPSA) is 59.1 Å². The maximum Gasteiger partial charge on any atom is 0.253 e. The molecule has 18 heavy (non-hydrogen) atoms. The summed E-state index contributed by atoms with van der Waals surface area (Å²) in [5.74, 6) is -0.458. The second-order valence-electron chi connectivity index (χ2n) is 4.78. The Kier molecular flexibility index (Phi) is 4.14. The van der Waals surface area contributed by atoms with Gasteiger partial charge in [-0.25, -0.2) is 0 Å². The number of imide groups is 1. The van der Waals surface area contributed by atoms with E-state index in [9.17, 15) is 9.59 Å². The van der Waals surface area contributed by atoms with Crippen LogP contribution in [0.2, 0.25) is 0 Å². The molecule has 100 valence electrons. The molecule has 2 heterocycles. The molecule has 0 radical (unpaired) electrons. The van der Waals surface area contributed by atoms with Gasteiger partial charge in [0.05, 0.1) is 19.3 Å². The molecule has 2 amide bonds. The molecule has 0 aromatic rings. The van der Waals surface area contributed by atoms with Gasteiger partial charge < -0.3 is 9.47 Å². The molecule has 2 aliphatic heterocycles. The maximum absolute atomic E-state index is 11.5. The summed E-state index contributed by atoms with van der Waals surface area (Å²) in [6.07, 6.45) is 4.47. The van der Waals surface area contributed by atoms with Gasteiger partial charge in [0.2, 0.25) is 0 Å². The van der Waals surface area contributed by atoms with Crippen LogP contribution >= 0.6 is 0 Å². The van der Waals surface area contributed by atoms with Crippen LogP contribution in [-0.2, 0) is 19.1 Å². The van der Waals surface area contributed by atoms with Crippen molar-refractivity contribution in [2.45, 2.75) is 44.9 Å². The first-order chi connectivity index (χ1) is 8.61. The van der Waals surface area contributed by atoms with E-state index >= 15 is 0 Å². The Labute approximate surface area is 107 Å². The predicted molar refractivity (Wildman–Crippen MR) is 64.8 cm³/mol.